The Morgan fingerprint density at radius 2 is 1.67 bits per heavy atom. The van der Waals surface area contributed by atoms with Gasteiger partial charge in [-0.05, 0) is 30.7 Å². The highest BCUT2D eigenvalue weighted by Gasteiger charge is 2.18. The molecule has 5 nitrogen and oxygen atoms in total. The molecule has 2 aromatic rings. The molecule has 0 spiro atoms. The van der Waals surface area contributed by atoms with Crippen molar-refractivity contribution in [2.24, 2.45) is 0 Å². The molecule has 0 atom stereocenters. The fraction of sp³-hybridized carbons (Fsp3) is 0.278. The van der Waals surface area contributed by atoms with Gasteiger partial charge >= 0.3 is 0 Å². The number of aromatic nitrogens is 1. The van der Waals surface area contributed by atoms with Gasteiger partial charge in [-0.1, -0.05) is 23.7 Å². The van der Waals surface area contributed by atoms with Crippen molar-refractivity contribution in [3.8, 4) is 12.1 Å². The summed E-state index contributed by atoms with van der Waals surface area (Å²) in [6, 6.07) is 15.5. The number of hydrogen-bond acceptors (Lipinski definition) is 5. The highest BCUT2D eigenvalue weighted by molar-refractivity contribution is 6.31. The Kier molecular flexibility index (Phi) is 4.84. The largest absolute Gasteiger partial charge is 0.369 e. The van der Waals surface area contributed by atoms with Crippen molar-refractivity contribution in [1.82, 2.24) is 4.98 Å². The van der Waals surface area contributed by atoms with E-state index < -0.39 is 0 Å². The number of nitriles is 2. The summed E-state index contributed by atoms with van der Waals surface area (Å²) in [6.07, 6.45) is 0.950. The summed E-state index contributed by atoms with van der Waals surface area (Å²) in [5.41, 5.74) is 1.93. The molecule has 6 heteroatoms. The van der Waals surface area contributed by atoms with Crippen molar-refractivity contribution in [3.63, 3.8) is 0 Å². The number of pyridine rings is 1. The van der Waals surface area contributed by atoms with Crippen LogP contribution in [0, 0.1) is 22.7 Å². The summed E-state index contributed by atoms with van der Waals surface area (Å²) in [5, 5.41) is 18.8. The Bertz CT molecular complexity index is 821. The lowest BCUT2D eigenvalue weighted by Gasteiger charge is -2.25. The van der Waals surface area contributed by atoms with E-state index in [0.717, 1.165) is 44.1 Å². The van der Waals surface area contributed by atoms with Crippen LogP contribution in [0.3, 0.4) is 0 Å². The van der Waals surface area contributed by atoms with Crippen molar-refractivity contribution in [2.75, 3.05) is 36.0 Å². The van der Waals surface area contributed by atoms with E-state index in [4.69, 9.17) is 16.9 Å². The molecule has 0 bridgehead atoms. The van der Waals surface area contributed by atoms with E-state index in [2.05, 4.69) is 20.9 Å². The first-order valence-corrected chi connectivity index (χ1v) is 8.16. The molecule has 0 N–H and O–H groups in total. The molecule has 2 heterocycles. The molecule has 1 saturated heterocycles. The minimum atomic E-state index is 0.255. The van der Waals surface area contributed by atoms with Crippen molar-refractivity contribution >= 4 is 23.1 Å². The van der Waals surface area contributed by atoms with Gasteiger partial charge in [0, 0.05) is 26.2 Å². The first-order chi connectivity index (χ1) is 11.7. The Balaban J connectivity index is 1.79. The minimum absolute atomic E-state index is 0.255. The second kappa shape index (κ2) is 7.21. The molecular formula is C18H16ClN5. The van der Waals surface area contributed by atoms with Gasteiger partial charge in [0.25, 0.3) is 0 Å². The predicted octanol–water partition coefficient (Wildman–Crippen LogP) is 3.20. The fourth-order valence-corrected chi connectivity index (χ4v) is 3.07. The third-order valence-corrected chi connectivity index (χ3v) is 4.43. The number of rotatable bonds is 2. The molecule has 0 aliphatic carbocycles. The van der Waals surface area contributed by atoms with Gasteiger partial charge < -0.3 is 9.80 Å². The number of benzene rings is 1. The molecule has 1 fully saturated rings. The SMILES string of the molecule is N#Cc1ccccc1N1CCCN(c2ccc(Cl)c(C#N)n2)CC1. The fourth-order valence-electron chi connectivity index (χ4n) is 2.92. The smallest absolute Gasteiger partial charge is 0.161 e. The summed E-state index contributed by atoms with van der Waals surface area (Å²) in [5.74, 6) is 0.770. The lowest BCUT2D eigenvalue weighted by Crippen LogP contribution is -2.31. The van der Waals surface area contributed by atoms with Crippen molar-refractivity contribution < 1.29 is 0 Å². The average molecular weight is 338 g/mol. The summed E-state index contributed by atoms with van der Waals surface area (Å²) in [4.78, 5) is 8.74. The minimum Gasteiger partial charge on any atom is -0.369 e. The van der Waals surface area contributed by atoms with Gasteiger partial charge in [0.15, 0.2) is 5.69 Å². The van der Waals surface area contributed by atoms with E-state index in [1.807, 2.05) is 36.4 Å². The zero-order valence-corrected chi connectivity index (χ0v) is 13.9. The van der Waals surface area contributed by atoms with Crippen LogP contribution in [0.2, 0.25) is 5.02 Å². The van der Waals surface area contributed by atoms with Crippen LogP contribution in [0.25, 0.3) is 0 Å². The summed E-state index contributed by atoms with van der Waals surface area (Å²) < 4.78 is 0. The van der Waals surface area contributed by atoms with E-state index in [9.17, 15) is 5.26 Å². The lowest BCUT2D eigenvalue weighted by molar-refractivity contribution is 0.797. The lowest BCUT2D eigenvalue weighted by atomic mass is 10.1. The van der Waals surface area contributed by atoms with Gasteiger partial charge in [-0.25, -0.2) is 4.98 Å². The van der Waals surface area contributed by atoms with E-state index in [1.54, 1.807) is 6.07 Å². The quantitative estimate of drug-likeness (QED) is 0.841. The second-order valence-electron chi connectivity index (χ2n) is 5.57. The third kappa shape index (κ3) is 3.27. The molecule has 1 aliphatic heterocycles. The highest BCUT2D eigenvalue weighted by atomic mass is 35.5. The molecule has 24 heavy (non-hydrogen) atoms. The molecule has 0 unspecified atom stereocenters. The number of halogens is 1. The van der Waals surface area contributed by atoms with Crippen LogP contribution in [0.1, 0.15) is 17.7 Å². The standard InChI is InChI=1S/C18H16ClN5/c19-15-6-7-18(22-16(15)13-21)24-9-3-8-23(10-11-24)17-5-2-1-4-14(17)12-20/h1-2,4-7H,3,8-11H2. The van der Waals surface area contributed by atoms with Crippen LogP contribution in [-0.4, -0.2) is 31.2 Å². The number of hydrogen-bond donors (Lipinski definition) is 0. The van der Waals surface area contributed by atoms with Crippen molar-refractivity contribution in [2.45, 2.75) is 6.42 Å². The maximum absolute atomic E-state index is 9.29. The zero-order valence-electron chi connectivity index (χ0n) is 13.1. The van der Waals surface area contributed by atoms with Gasteiger partial charge in [-0.2, -0.15) is 10.5 Å². The Hall–Kier alpha value is -2.76. The Morgan fingerprint density at radius 1 is 0.917 bits per heavy atom. The van der Waals surface area contributed by atoms with Crippen LogP contribution in [-0.2, 0) is 0 Å². The molecular weight excluding hydrogens is 322 g/mol. The molecule has 0 saturated carbocycles. The summed E-state index contributed by atoms with van der Waals surface area (Å²) in [6.45, 7) is 3.31. The van der Waals surface area contributed by atoms with Crippen LogP contribution >= 0.6 is 11.6 Å². The first-order valence-electron chi connectivity index (χ1n) is 7.78. The molecule has 0 amide bonds. The van der Waals surface area contributed by atoms with Crippen LogP contribution in [0.5, 0.6) is 0 Å². The van der Waals surface area contributed by atoms with Crippen LogP contribution in [0.4, 0.5) is 11.5 Å². The second-order valence-corrected chi connectivity index (χ2v) is 5.98. The highest BCUT2D eigenvalue weighted by Crippen LogP contribution is 2.24. The predicted molar refractivity (Wildman–Crippen MR) is 94.2 cm³/mol. The van der Waals surface area contributed by atoms with Crippen molar-refractivity contribution in [3.05, 3.63) is 52.7 Å². The first kappa shape index (κ1) is 16.1. The number of anilines is 2. The van der Waals surface area contributed by atoms with Gasteiger partial charge in [0.2, 0.25) is 0 Å². The summed E-state index contributed by atoms with van der Waals surface area (Å²) in [7, 11) is 0. The maximum Gasteiger partial charge on any atom is 0.161 e. The topological polar surface area (TPSA) is 67.0 Å². The van der Waals surface area contributed by atoms with Crippen molar-refractivity contribution in [1.29, 1.82) is 10.5 Å². The normalized spacial score (nSPS) is 14.6. The molecule has 1 aromatic heterocycles. The molecule has 0 radical (unpaired) electrons. The molecule has 3 rings (SSSR count). The third-order valence-electron chi connectivity index (χ3n) is 4.12. The molecule has 1 aliphatic rings. The van der Waals surface area contributed by atoms with E-state index in [-0.39, 0.29) is 5.69 Å². The Morgan fingerprint density at radius 3 is 2.46 bits per heavy atom. The number of para-hydroxylation sites is 1. The van der Waals surface area contributed by atoms with E-state index in [1.165, 1.54) is 0 Å². The number of nitrogens with zero attached hydrogens (tertiary/aromatic N) is 5. The van der Waals surface area contributed by atoms with Gasteiger partial charge in [0.05, 0.1) is 16.3 Å². The van der Waals surface area contributed by atoms with Crippen LogP contribution < -0.4 is 9.80 Å². The Labute approximate surface area is 146 Å². The maximum atomic E-state index is 9.29. The van der Waals surface area contributed by atoms with Gasteiger partial charge in [-0.3, -0.25) is 0 Å². The van der Waals surface area contributed by atoms with Crippen LogP contribution in [0.15, 0.2) is 36.4 Å². The summed E-state index contributed by atoms with van der Waals surface area (Å²) >= 11 is 5.96. The molecule has 1 aromatic carbocycles. The van der Waals surface area contributed by atoms with Gasteiger partial charge in [-0.15, -0.1) is 0 Å². The monoisotopic (exact) mass is 337 g/mol. The average Bonchev–Trinajstić information content (AvgIpc) is 2.88. The van der Waals surface area contributed by atoms with Gasteiger partial charge in [0.1, 0.15) is 18.0 Å². The van der Waals surface area contributed by atoms with E-state index in [0.29, 0.717) is 10.6 Å². The molecule has 120 valence electrons. The van der Waals surface area contributed by atoms with E-state index >= 15 is 0 Å². The zero-order chi connectivity index (χ0) is 16.9.